The third-order valence-electron chi connectivity index (χ3n) is 3.54. The molecule has 0 atom stereocenters. The molecule has 78 valence electrons. The Kier molecular flexibility index (Phi) is 3.06. The molecule has 1 saturated carbocycles. The molecule has 0 unspecified atom stereocenters. The van der Waals surface area contributed by atoms with Crippen molar-refractivity contribution in [1.82, 2.24) is 5.32 Å². The standard InChI is InChI=1S/C12H25N/c1-10(2)12(7-6-8-12)9-13-11(3,4)5/h10,13H,6-9H2,1-5H3. The van der Waals surface area contributed by atoms with Gasteiger partial charge in [-0.1, -0.05) is 20.3 Å². The average Bonchev–Trinajstić information content (AvgIpc) is 1.80. The van der Waals surface area contributed by atoms with Crippen LogP contribution in [0.1, 0.15) is 53.9 Å². The second-order valence-electron chi connectivity index (χ2n) is 5.97. The first-order valence-corrected chi connectivity index (χ1v) is 5.61. The monoisotopic (exact) mass is 183 g/mol. The van der Waals surface area contributed by atoms with Crippen molar-refractivity contribution >= 4 is 0 Å². The van der Waals surface area contributed by atoms with Crippen molar-refractivity contribution in [3.8, 4) is 0 Å². The highest BCUT2D eigenvalue weighted by molar-refractivity contribution is 4.93. The SMILES string of the molecule is CC(C)C1(CNC(C)(C)C)CCC1. The van der Waals surface area contributed by atoms with Crippen molar-refractivity contribution < 1.29 is 0 Å². The second-order valence-corrected chi connectivity index (χ2v) is 5.97. The number of nitrogens with one attached hydrogen (secondary N) is 1. The second kappa shape index (κ2) is 3.61. The first kappa shape index (κ1) is 11.0. The molecule has 0 radical (unpaired) electrons. The van der Waals surface area contributed by atoms with Crippen molar-refractivity contribution in [3.05, 3.63) is 0 Å². The van der Waals surface area contributed by atoms with Crippen LogP contribution in [-0.2, 0) is 0 Å². The minimum Gasteiger partial charge on any atom is -0.312 e. The van der Waals surface area contributed by atoms with Gasteiger partial charge in [0.15, 0.2) is 0 Å². The maximum Gasteiger partial charge on any atom is 0.00967 e. The number of rotatable bonds is 3. The summed E-state index contributed by atoms with van der Waals surface area (Å²) in [6, 6.07) is 0. The van der Waals surface area contributed by atoms with Crippen LogP contribution in [0.2, 0.25) is 0 Å². The molecular formula is C12H25N. The Bertz CT molecular complexity index is 160. The Morgan fingerprint density at radius 2 is 1.77 bits per heavy atom. The van der Waals surface area contributed by atoms with E-state index >= 15 is 0 Å². The molecule has 1 nitrogen and oxygen atoms in total. The van der Waals surface area contributed by atoms with E-state index in [0.717, 1.165) is 5.92 Å². The molecule has 1 aliphatic carbocycles. The largest absolute Gasteiger partial charge is 0.312 e. The average molecular weight is 183 g/mol. The molecule has 0 spiro atoms. The van der Waals surface area contributed by atoms with Gasteiger partial charge in [0.25, 0.3) is 0 Å². The lowest BCUT2D eigenvalue weighted by Crippen LogP contribution is -2.49. The van der Waals surface area contributed by atoms with Crippen molar-refractivity contribution in [2.24, 2.45) is 11.3 Å². The maximum absolute atomic E-state index is 3.65. The van der Waals surface area contributed by atoms with E-state index in [4.69, 9.17) is 0 Å². The predicted molar refractivity (Wildman–Crippen MR) is 58.9 cm³/mol. The third kappa shape index (κ3) is 2.70. The topological polar surface area (TPSA) is 12.0 Å². The summed E-state index contributed by atoms with van der Waals surface area (Å²) in [4.78, 5) is 0. The van der Waals surface area contributed by atoms with Gasteiger partial charge in [-0.25, -0.2) is 0 Å². The number of hydrogen-bond donors (Lipinski definition) is 1. The van der Waals surface area contributed by atoms with Gasteiger partial charge < -0.3 is 5.32 Å². The first-order valence-electron chi connectivity index (χ1n) is 5.61. The summed E-state index contributed by atoms with van der Waals surface area (Å²) >= 11 is 0. The minimum absolute atomic E-state index is 0.275. The molecule has 0 bridgehead atoms. The Morgan fingerprint density at radius 3 is 2.00 bits per heavy atom. The van der Waals surface area contributed by atoms with Crippen LogP contribution >= 0.6 is 0 Å². The van der Waals surface area contributed by atoms with Gasteiger partial charge in [0.2, 0.25) is 0 Å². The molecule has 0 amide bonds. The van der Waals surface area contributed by atoms with Crippen LogP contribution in [0.15, 0.2) is 0 Å². The zero-order chi connectivity index (χ0) is 10.1. The first-order chi connectivity index (χ1) is 5.86. The van der Waals surface area contributed by atoms with Crippen molar-refractivity contribution in [2.75, 3.05) is 6.54 Å². The molecule has 0 aromatic rings. The van der Waals surface area contributed by atoms with E-state index in [2.05, 4.69) is 39.9 Å². The summed E-state index contributed by atoms with van der Waals surface area (Å²) < 4.78 is 0. The molecule has 0 heterocycles. The van der Waals surface area contributed by atoms with Gasteiger partial charge in [0, 0.05) is 12.1 Å². The fraction of sp³-hybridized carbons (Fsp3) is 1.00. The highest BCUT2D eigenvalue weighted by Gasteiger charge is 2.39. The van der Waals surface area contributed by atoms with Gasteiger partial charge in [-0.2, -0.15) is 0 Å². The van der Waals surface area contributed by atoms with E-state index in [1.54, 1.807) is 0 Å². The van der Waals surface area contributed by atoms with E-state index in [1.165, 1.54) is 25.8 Å². The summed E-state index contributed by atoms with van der Waals surface area (Å²) in [5.74, 6) is 0.830. The molecule has 1 rings (SSSR count). The molecule has 1 heteroatoms. The van der Waals surface area contributed by atoms with Gasteiger partial charge in [-0.15, -0.1) is 0 Å². The van der Waals surface area contributed by atoms with Gasteiger partial charge in [0.05, 0.1) is 0 Å². The molecular weight excluding hydrogens is 158 g/mol. The Labute approximate surface area is 83.3 Å². The lowest BCUT2D eigenvalue weighted by molar-refractivity contribution is 0.0600. The summed E-state index contributed by atoms with van der Waals surface area (Å²) in [5, 5.41) is 3.65. The zero-order valence-electron chi connectivity index (χ0n) is 9.91. The number of hydrogen-bond acceptors (Lipinski definition) is 1. The fourth-order valence-corrected chi connectivity index (χ4v) is 2.03. The highest BCUT2D eigenvalue weighted by atomic mass is 15.0. The Hall–Kier alpha value is -0.0400. The predicted octanol–water partition coefficient (Wildman–Crippen LogP) is 3.20. The van der Waals surface area contributed by atoms with Crippen LogP contribution in [0.3, 0.4) is 0 Å². The van der Waals surface area contributed by atoms with Crippen molar-refractivity contribution in [1.29, 1.82) is 0 Å². The van der Waals surface area contributed by atoms with E-state index in [0.29, 0.717) is 5.41 Å². The Balaban J connectivity index is 2.41. The van der Waals surface area contributed by atoms with Gasteiger partial charge in [-0.05, 0) is 44.9 Å². The Morgan fingerprint density at radius 1 is 1.23 bits per heavy atom. The minimum atomic E-state index is 0.275. The molecule has 0 aliphatic heterocycles. The van der Waals surface area contributed by atoms with Crippen LogP contribution in [0.5, 0.6) is 0 Å². The highest BCUT2D eigenvalue weighted by Crippen LogP contribution is 2.46. The molecule has 1 N–H and O–H groups in total. The maximum atomic E-state index is 3.65. The van der Waals surface area contributed by atoms with Gasteiger partial charge >= 0.3 is 0 Å². The van der Waals surface area contributed by atoms with E-state index < -0.39 is 0 Å². The fourth-order valence-electron chi connectivity index (χ4n) is 2.03. The molecule has 1 fully saturated rings. The quantitative estimate of drug-likeness (QED) is 0.708. The van der Waals surface area contributed by atoms with Crippen LogP contribution in [0.25, 0.3) is 0 Å². The van der Waals surface area contributed by atoms with Crippen molar-refractivity contribution in [2.45, 2.75) is 59.4 Å². The summed E-state index contributed by atoms with van der Waals surface area (Å²) in [7, 11) is 0. The lowest BCUT2D eigenvalue weighted by Gasteiger charge is -2.47. The molecule has 0 aromatic heterocycles. The molecule has 0 aromatic carbocycles. The van der Waals surface area contributed by atoms with Gasteiger partial charge in [0.1, 0.15) is 0 Å². The zero-order valence-corrected chi connectivity index (χ0v) is 9.91. The smallest absolute Gasteiger partial charge is 0.00967 e. The van der Waals surface area contributed by atoms with E-state index in [-0.39, 0.29) is 5.54 Å². The summed E-state index contributed by atoms with van der Waals surface area (Å²) in [5.41, 5.74) is 0.894. The molecule has 0 saturated heterocycles. The van der Waals surface area contributed by atoms with Crippen LogP contribution in [0.4, 0.5) is 0 Å². The van der Waals surface area contributed by atoms with Crippen LogP contribution in [0, 0.1) is 11.3 Å². The van der Waals surface area contributed by atoms with Crippen LogP contribution < -0.4 is 5.32 Å². The van der Waals surface area contributed by atoms with Crippen LogP contribution in [-0.4, -0.2) is 12.1 Å². The lowest BCUT2D eigenvalue weighted by atomic mass is 9.62. The molecule has 1 aliphatic rings. The summed E-state index contributed by atoms with van der Waals surface area (Å²) in [6.45, 7) is 12.7. The summed E-state index contributed by atoms with van der Waals surface area (Å²) in [6.07, 6.45) is 4.28. The van der Waals surface area contributed by atoms with Crippen molar-refractivity contribution in [3.63, 3.8) is 0 Å². The molecule has 13 heavy (non-hydrogen) atoms. The van der Waals surface area contributed by atoms with Gasteiger partial charge in [-0.3, -0.25) is 0 Å². The van der Waals surface area contributed by atoms with E-state index in [9.17, 15) is 0 Å². The third-order valence-corrected chi connectivity index (χ3v) is 3.54. The van der Waals surface area contributed by atoms with E-state index in [1.807, 2.05) is 0 Å². The normalized spacial score (nSPS) is 21.7.